The molecule has 4 heteroatoms. The highest BCUT2D eigenvalue weighted by Gasteiger charge is 2.23. The van der Waals surface area contributed by atoms with E-state index in [9.17, 15) is 9.59 Å². The standard InChI is InChI=1S/C25H31NO3/c27-24(21-10-4-1-5-11-21)15-9-3-8-14-23(20-26-16-18-29-19-17-26)25(28)22-12-6-2-7-13-22/h1-2,4-7,10-13,23H,3,8-9,14-20H2. The number of hydrogen-bond donors (Lipinski definition) is 0. The van der Waals surface area contributed by atoms with E-state index in [0.717, 1.165) is 69.7 Å². The number of unbranched alkanes of at least 4 members (excludes halogenated alkanes) is 2. The Morgan fingerprint density at radius 2 is 1.45 bits per heavy atom. The molecule has 2 aromatic rings. The van der Waals surface area contributed by atoms with E-state index in [1.165, 1.54) is 0 Å². The van der Waals surface area contributed by atoms with Gasteiger partial charge in [-0.2, -0.15) is 0 Å². The quantitative estimate of drug-likeness (QED) is 0.412. The molecular weight excluding hydrogens is 362 g/mol. The average Bonchev–Trinajstić information content (AvgIpc) is 2.79. The fourth-order valence-corrected chi connectivity index (χ4v) is 3.86. The number of carbonyl (C=O) groups is 2. The van der Waals surface area contributed by atoms with Gasteiger partial charge in [-0.05, 0) is 12.8 Å². The van der Waals surface area contributed by atoms with Gasteiger partial charge in [-0.1, -0.05) is 73.5 Å². The van der Waals surface area contributed by atoms with E-state index in [1.54, 1.807) is 0 Å². The Bertz CT molecular complexity index is 754. The van der Waals surface area contributed by atoms with Gasteiger partial charge in [0.25, 0.3) is 0 Å². The molecular formula is C25H31NO3. The number of Topliss-reactive ketones (excluding diaryl/α,β-unsaturated/α-hetero) is 2. The van der Waals surface area contributed by atoms with Crippen LogP contribution in [0.1, 0.15) is 52.8 Å². The maximum Gasteiger partial charge on any atom is 0.167 e. The first-order valence-electron chi connectivity index (χ1n) is 10.7. The van der Waals surface area contributed by atoms with Gasteiger partial charge in [-0.15, -0.1) is 0 Å². The van der Waals surface area contributed by atoms with Crippen LogP contribution in [-0.2, 0) is 4.74 Å². The third-order valence-corrected chi connectivity index (χ3v) is 5.56. The molecule has 0 spiro atoms. The normalized spacial score (nSPS) is 15.7. The number of hydrogen-bond acceptors (Lipinski definition) is 4. The van der Waals surface area contributed by atoms with Gasteiger partial charge in [0, 0.05) is 43.1 Å². The molecule has 1 aliphatic rings. The third-order valence-electron chi connectivity index (χ3n) is 5.56. The summed E-state index contributed by atoms with van der Waals surface area (Å²) in [7, 11) is 0. The molecule has 1 heterocycles. The highest BCUT2D eigenvalue weighted by atomic mass is 16.5. The second kappa shape index (κ2) is 11.6. The molecule has 1 aliphatic heterocycles. The maximum absolute atomic E-state index is 13.1. The summed E-state index contributed by atoms with van der Waals surface area (Å²) < 4.78 is 5.44. The molecule has 4 nitrogen and oxygen atoms in total. The van der Waals surface area contributed by atoms with Crippen LogP contribution in [0.5, 0.6) is 0 Å². The van der Waals surface area contributed by atoms with E-state index in [4.69, 9.17) is 4.74 Å². The van der Waals surface area contributed by atoms with Crippen molar-refractivity contribution in [1.29, 1.82) is 0 Å². The fourth-order valence-electron chi connectivity index (χ4n) is 3.86. The van der Waals surface area contributed by atoms with Crippen LogP contribution in [0.4, 0.5) is 0 Å². The highest BCUT2D eigenvalue weighted by molar-refractivity contribution is 5.98. The smallest absolute Gasteiger partial charge is 0.167 e. The number of rotatable bonds is 11. The predicted octanol–water partition coefficient (Wildman–Crippen LogP) is 4.65. The maximum atomic E-state index is 13.1. The van der Waals surface area contributed by atoms with Gasteiger partial charge in [-0.25, -0.2) is 0 Å². The monoisotopic (exact) mass is 393 g/mol. The molecule has 0 bridgehead atoms. The minimum Gasteiger partial charge on any atom is -0.379 e. The number of morpholine rings is 1. The van der Waals surface area contributed by atoms with Gasteiger partial charge in [0.15, 0.2) is 11.6 Å². The molecule has 0 aromatic heterocycles. The van der Waals surface area contributed by atoms with Crippen LogP contribution in [-0.4, -0.2) is 49.3 Å². The van der Waals surface area contributed by atoms with Crippen LogP contribution in [0.2, 0.25) is 0 Å². The lowest BCUT2D eigenvalue weighted by Gasteiger charge is -2.30. The first-order chi connectivity index (χ1) is 14.2. The molecule has 0 radical (unpaired) electrons. The van der Waals surface area contributed by atoms with Crippen molar-refractivity contribution in [3.63, 3.8) is 0 Å². The Labute approximate surface area is 173 Å². The number of nitrogens with zero attached hydrogens (tertiary/aromatic N) is 1. The summed E-state index contributed by atoms with van der Waals surface area (Å²) in [6.45, 7) is 4.07. The minimum atomic E-state index is 0.000301. The van der Waals surface area contributed by atoms with Crippen LogP contribution in [0.15, 0.2) is 60.7 Å². The largest absolute Gasteiger partial charge is 0.379 e. The van der Waals surface area contributed by atoms with Gasteiger partial charge >= 0.3 is 0 Å². The van der Waals surface area contributed by atoms with Crippen LogP contribution in [0, 0.1) is 5.92 Å². The molecule has 0 saturated carbocycles. The zero-order chi connectivity index (χ0) is 20.3. The zero-order valence-corrected chi connectivity index (χ0v) is 17.1. The molecule has 154 valence electrons. The molecule has 1 saturated heterocycles. The third kappa shape index (κ3) is 6.91. The fraction of sp³-hybridized carbons (Fsp3) is 0.440. The number of ether oxygens (including phenoxy) is 1. The number of benzene rings is 2. The minimum absolute atomic E-state index is 0.000301. The SMILES string of the molecule is O=C(CCCCCC(CN1CCOCC1)C(=O)c1ccccc1)c1ccccc1. The van der Waals surface area contributed by atoms with Gasteiger partial charge in [0.1, 0.15) is 0 Å². The van der Waals surface area contributed by atoms with Crippen LogP contribution in [0.3, 0.4) is 0 Å². The van der Waals surface area contributed by atoms with Crippen LogP contribution < -0.4 is 0 Å². The Morgan fingerprint density at radius 3 is 2.10 bits per heavy atom. The van der Waals surface area contributed by atoms with E-state index < -0.39 is 0 Å². The van der Waals surface area contributed by atoms with Crippen molar-refractivity contribution in [3.05, 3.63) is 71.8 Å². The average molecular weight is 394 g/mol. The zero-order valence-electron chi connectivity index (χ0n) is 17.1. The van der Waals surface area contributed by atoms with E-state index >= 15 is 0 Å². The summed E-state index contributed by atoms with van der Waals surface area (Å²) in [5, 5.41) is 0. The molecule has 0 aliphatic carbocycles. The summed E-state index contributed by atoms with van der Waals surface area (Å²) in [6, 6.07) is 19.1. The van der Waals surface area contributed by atoms with Crippen molar-refractivity contribution in [2.75, 3.05) is 32.8 Å². The lowest BCUT2D eigenvalue weighted by molar-refractivity contribution is 0.0293. The molecule has 1 fully saturated rings. The van der Waals surface area contributed by atoms with E-state index in [1.807, 2.05) is 60.7 Å². The summed E-state index contributed by atoms with van der Waals surface area (Å²) >= 11 is 0. The summed E-state index contributed by atoms with van der Waals surface area (Å²) in [5.74, 6) is 0.439. The van der Waals surface area contributed by atoms with E-state index in [2.05, 4.69) is 4.90 Å². The second-order valence-electron chi connectivity index (χ2n) is 7.73. The predicted molar refractivity (Wildman–Crippen MR) is 115 cm³/mol. The number of ketones is 2. The first kappa shape index (κ1) is 21.4. The van der Waals surface area contributed by atoms with E-state index in [-0.39, 0.29) is 17.5 Å². The molecule has 0 amide bonds. The Balaban J connectivity index is 1.48. The second-order valence-corrected chi connectivity index (χ2v) is 7.73. The van der Waals surface area contributed by atoms with Crippen molar-refractivity contribution in [2.24, 2.45) is 5.92 Å². The van der Waals surface area contributed by atoms with Crippen LogP contribution in [0.25, 0.3) is 0 Å². The van der Waals surface area contributed by atoms with Crippen molar-refractivity contribution in [3.8, 4) is 0 Å². The van der Waals surface area contributed by atoms with Gasteiger partial charge in [0.05, 0.1) is 13.2 Å². The summed E-state index contributed by atoms with van der Waals surface area (Å²) in [6.07, 6.45) is 4.25. The molecule has 1 atom stereocenters. The van der Waals surface area contributed by atoms with Crippen molar-refractivity contribution in [1.82, 2.24) is 4.90 Å². The van der Waals surface area contributed by atoms with Gasteiger partial charge < -0.3 is 4.74 Å². The Hall–Kier alpha value is -2.30. The molecule has 3 rings (SSSR count). The lowest BCUT2D eigenvalue weighted by atomic mass is 9.91. The summed E-state index contributed by atoms with van der Waals surface area (Å²) in [5.41, 5.74) is 1.59. The van der Waals surface area contributed by atoms with Crippen molar-refractivity contribution >= 4 is 11.6 Å². The molecule has 2 aromatic carbocycles. The number of carbonyl (C=O) groups excluding carboxylic acids is 2. The summed E-state index contributed by atoms with van der Waals surface area (Å²) in [4.78, 5) is 27.6. The van der Waals surface area contributed by atoms with Crippen molar-refractivity contribution in [2.45, 2.75) is 32.1 Å². The van der Waals surface area contributed by atoms with Gasteiger partial charge in [0.2, 0.25) is 0 Å². The Kier molecular flexibility index (Phi) is 8.59. The molecule has 29 heavy (non-hydrogen) atoms. The topological polar surface area (TPSA) is 46.6 Å². The lowest BCUT2D eigenvalue weighted by Crippen LogP contribution is -2.41. The van der Waals surface area contributed by atoms with Crippen molar-refractivity contribution < 1.29 is 14.3 Å². The van der Waals surface area contributed by atoms with E-state index in [0.29, 0.717) is 6.42 Å². The molecule has 1 unspecified atom stereocenters. The van der Waals surface area contributed by atoms with Gasteiger partial charge in [-0.3, -0.25) is 14.5 Å². The first-order valence-corrected chi connectivity index (χ1v) is 10.7. The van der Waals surface area contributed by atoms with Crippen LogP contribution >= 0.6 is 0 Å². The highest BCUT2D eigenvalue weighted by Crippen LogP contribution is 2.19. The Morgan fingerprint density at radius 1 is 0.828 bits per heavy atom. The molecule has 0 N–H and O–H groups in total.